The molecule has 0 saturated heterocycles. The molecule has 1 aromatic heterocycles. The minimum absolute atomic E-state index is 0.0175. The summed E-state index contributed by atoms with van der Waals surface area (Å²) in [7, 11) is 0. The lowest BCUT2D eigenvalue weighted by atomic mass is 10.0. The second-order valence-corrected chi connectivity index (χ2v) is 8.99. The maximum atomic E-state index is 12.3. The van der Waals surface area contributed by atoms with Gasteiger partial charge in [0.2, 0.25) is 11.1 Å². The molecule has 5 nitrogen and oxygen atoms in total. The fourth-order valence-electron chi connectivity index (χ4n) is 3.89. The average molecular weight is 427 g/mol. The number of thioether (sulfide) groups is 1. The largest absolute Gasteiger partial charge is 0.326 e. The van der Waals surface area contributed by atoms with Crippen molar-refractivity contribution in [3.8, 4) is 22.5 Å². The highest BCUT2D eigenvalue weighted by molar-refractivity contribution is 7.99. The molecule has 0 saturated carbocycles. The zero-order valence-electron chi connectivity index (χ0n) is 17.4. The molecular formula is C25H22N4OS. The van der Waals surface area contributed by atoms with Crippen molar-refractivity contribution >= 4 is 34.1 Å². The summed E-state index contributed by atoms with van der Waals surface area (Å²) in [6, 6.07) is 20.4. The minimum atomic E-state index is -0.0175. The van der Waals surface area contributed by atoms with E-state index in [4.69, 9.17) is 4.98 Å². The number of hydrogen-bond acceptors (Lipinski definition) is 5. The number of nitrogens with one attached hydrogen (secondary N) is 1. The van der Waals surface area contributed by atoms with Gasteiger partial charge in [-0.1, -0.05) is 74.1 Å². The van der Waals surface area contributed by atoms with E-state index >= 15 is 0 Å². The lowest BCUT2D eigenvalue weighted by molar-refractivity contribution is -0.115. The SMILES string of the molecule is CC(C)c1ccc(NC(=O)CCSc2nnc3c(n2)-c2cccc4cccc-3c24)cc1. The summed E-state index contributed by atoms with van der Waals surface area (Å²) in [5.41, 5.74) is 5.97. The van der Waals surface area contributed by atoms with Gasteiger partial charge < -0.3 is 5.32 Å². The number of hydrogen-bond donors (Lipinski definition) is 1. The molecule has 1 aliphatic carbocycles. The first-order chi connectivity index (χ1) is 15.1. The number of nitrogens with zero attached hydrogens (tertiary/aromatic N) is 3. The molecule has 0 atom stereocenters. The van der Waals surface area contributed by atoms with Crippen LogP contribution in [-0.4, -0.2) is 26.8 Å². The smallest absolute Gasteiger partial charge is 0.225 e. The molecule has 5 rings (SSSR count). The van der Waals surface area contributed by atoms with E-state index in [0.29, 0.717) is 23.2 Å². The van der Waals surface area contributed by atoms with Crippen LogP contribution in [0.4, 0.5) is 5.69 Å². The third-order valence-corrected chi connectivity index (χ3v) is 6.34. The van der Waals surface area contributed by atoms with E-state index in [2.05, 4.69) is 65.8 Å². The van der Waals surface area contributed by atoms with Crippen LogP contribution in [0.1, 0.15) is 31.7 Å². The van der Waals surface area contributed by atoms with Crippen LogP contribution >= 0.6 is 11.8 Å². The molecule has 0 bridgehead atoms. The van der Waals surface area contributed by atoms with Crippen LogP contribution in [0.3, 0.4) is 0 Å². The fraction of sp³-hybridized carbons (Fsp3) is 0.200. The summed E-state index contributed by atoms with van der Waals surface area (Å²) in [6.45, 7) is 4.31. The summed E-state index contributed by atoms with van der Waals surface area (Å²) in [4.78, 5) is 17.1. The molecule has 0 radical (unpaired) electrons. The van der Waals surface area contributed by atoms with Gasteiger partial charge in [0.05, 0.1) is 0 Å². The Morgan fingerprint density at radius 1 is 0.935 bits per heavy atom. The lowest BCUT2D eigenvalue weighted by Crippen LogP contribution is -2.12. The number of fused-ring (bicyclic) bond motifs is 3. The first kappa shape index (κ1) is 19.7. The first-order valence-corrected chi connectivity index (χ1v) is 11.4. The maximum absolute atomic E-state index is 12.3. The molecule has 3 aromatic carbocycles. The molecule has 154 valence electrons. The lowest BCUT2D eigenvalue weighted by Gasteiger charge is -2.08. The number of aromatic nitrogens is 3. The van der Waals surface area contributed by atoms with Gasteiger partial charge in [0.15, 0.2) is 0 Å². The zero-order valence-corrected chi connectivity index (χ0v) is 18.2. The number of carbonyl (C=O) groups is 1. The van der Waals surface area contributed by atoms with Crippen LogP contribution in [0, 0.1) is 0 Å². The van der Waals surface area contributed by atoms with Gasteiger partial charge in [-0.2, -0.15) is 0 Å². The van der Waals surface area contributed by atoms with E-state index in [1.807, 2.05) is 24.3 Å². The highest BCUT2D eigenvalue weighted by Crippen LogP contribution is 2.44. The number of rotatable bonds is 6. The van der Waals surface area contributed by atoms with Crippen LogP contribution in [0.25, 0.3) is 33.3 Å². The number of anilines is 1. The van der Waals surface area contributed by atoms with Crippen LogP contribution < -0.4 is 5.32 Å². The molecular weight excluding hydrogens is 404 g/mol. The van der Waals surface area contributed by atoms with Crippen molar-refractivity contribution in [3.63, 3.8) is 0 Å². The van der Waals surface area contributed by atoms with E-state index in [0.717, 1.165) is 28.2 Å². The average Bonchev–Trinajstić information content (AvgIpc) is 3.10. The fourth-order valence-corrected chi connectivity index (χ4v) is 4.61. The maximum Gasteiger partial charge on any atom is 0.225 e. The normalized spacial score (nSPS) is 11.7. The predicted octanol–water partition coefficient (Wildman–Crippen LogP) is 5.92. The van der Waals surface area contributed by atoms with Crippen molar-refractivity contribution in [2.45, 2.75) is 31.3 Å². The van der Waals surface area contributed by atoms with Crippen molar-refractivity contribution in [3.05, 3.63) is 66.2 Å². The van der Waals surface area contributed by atoms with E-state index < -0.39 is 0 Å². The van der Waals surface area contributed by atoms with Crippen LogP contribution in [0.5, 0.6) is 0 Å². The highest BCUT2D eigenvalue weighted by Gasteiger charge is 2.24. The number of carbonyl (C=O) groups excluding carboxylic acids is 1. The Morgan fingerprint density at radius 2 is 1.65 bits per heavy atom. The Morgan fingerprint density at radius 3 is 2.35 bits per heavy atom. The molecule has 0 aliphatic heterocycles. The van der Waals surface area contributed by atoms with Gasteiger partial charge in [-0.05, 0) is 29.0 Å². The first-order valence-electron chi connectivity index (χ1n) is 10.4. The highest BCUT2D eigenvalue weighted by atomic mass is 32.2. The molecule has 31 heavy (non-hydrogen) atoms. The molecule has 4 aromatic rings. The van der Waals surface area contributed by atoms with Crippen molar-refractivity contribution < 1.29 is 4.79 Å². The molecule has 0 fully saturated rings. The van der Waals surface area contributed by atoms with Gasteiger partial charge in [0.25, 0.3) is 0 Å². The summed E-state index contributed by atoms with van der Waals surface area (Å²) in [6.07, 6.45) is 0.382. The molecule has 0 unspecified atom stereocenters. The van der Waals surface area contributed by atoms with E-state index in [-0.39, 0.29) is 5.91 Å². The Balaban J connectivity index is 1.24. The predicted molar refractivity (Wildman–Crippen MR) is 126 cm³/mol. The van der Waals surface area contributed by atoms with Gasteiger partial charge in [-0.15, -0.1) is 10.2 Å². The van der Waals surface area contributed by atoms with Gasteiger partial charge in [-0.25, -0.2) is 4.98 Å². The molecule has 6 heteroatoms. The number of benzene rings is 3. The van der Waals surface area contributed by atoms with Crippen LogP contribution in [0.2, 0.25) is 0 Å². The topological polar surface area (TPSA) is 67.8 Å². The van der Waals surface area contributed by atoms with Gasteiger partial charge in [0.1, 0.15) is 11.4 Å². The van der Waals surface area contributed by atoms with Crippen molar-refractivity contribution in [2.75, 3.05) is 11.1 Å². The van der Waals surface area contributed by atoms with Crippen molar-refractivity contribution in [1.82, 2.24) is 15.2 Å². The van der Waals surface area contributed by atoms with Crippen LogP contribution in [0.15, 0.2) is 65.8 Å². The van der Waals surface area contributed by atoms with Crippen LogP contribution in [-0.2, 0) is 4.79 Å². The Labute approximate surface area is 185 Å². The zero-order chi connectivity index (χ0) is 21.4. The van der Waals surface area contributed by atoms with Gasteiger partial charge in [-0.3, -0.25) is 4.79 Å². The third-order valence-electron chi connectivity index (χ3n) is 5.50. The summed E-state index contributed by atoms with van der Waals surface area (Å²) >= 11 is 1.45. The Bertz CT molecular complexity index is 1280. The minimum Gasteiger partial charge on any atom is -0.326 e. The van der Waals surface area contributed by atoms with Gasteiger partial charge >= 0.3 is 0 Å². The van der Waals surface area contributed by atoms with Crippen molar-refractivity contribution in [2.24, 2.45) is 0 Å². The Hall–Kier alpha value is -3.25. The monoisotopic (exact) mass is 426 g/mol. The van der Waals surface area contributed by atoms with E-state index in [9.17, 15) is 4.79 Å². The van der Waals surface area contributed by atoms with E-state index in [1.165, 1.54) is 28.1 Å². The third kappa shape index (κ3) is 3.79. The molecule has 1 heterocycles. The molecule has 0 spiro atoms. The quantitative estimate of drug-likeness (QED) is 0.342. The number of amides is 1. The summed E-state index contributed by atoms with van der Waals surface area (Å²) in [5.74, 6) is 1.05. The molecule has 1 N–H and O–H groups in total. The summed E-state index contributed by atoms with van der Waals surface area (Å²) in [5, 5.41) is 14.7. The second-order valence-electron chi connectivity index (χ2n) is 7.92. The van der Waals surface area contributed by atoms with Crippen molar-refractivity contribution in [1.29, 1.82) is 0 Å². The molecule has 1 aliphatic rings. The molecule has 1 amide bonds. The van der Waals surface area contributed by atoms with E-state index in [1.54, 1.807) is 0 Å². The van der Waals surface area contributed by atoms with Gasteiger partial charge in [0, 0.05) is 34.4 Å². The Kier molecular flexibility index (Phi) is 5.16. The second kappa shape index (κ2) is 8.12. The standard InChI is InChI=1S/C25H22N4OS/c1-15(2)16-9-11-18(12-10-16)26-21(30)13-14-31-25-27-23-19-7-3-5-17-6-4-8-20(22(17)19)24(23)28-29-25/h3-12,15H,13-14H2,1-2H3,(H,26,30). The summed E-state index contributed by atoms with van der Waals surface area (Å²) < 4.78 is 0.